The van der Waals surface area contributed by atoms with Crippen molar-refractivity contribution in [2.45, 2.75) is 94.8 Å². The third kappa shape index (κ3) is 8.52. The van der Waals surface area contributed by atoms with Crippen molar-refractivity contribution in [3.8, 4) is 22.9 Å². The van der Waals surface area contributed by atoms with E-state index in [1.807, 2.05) is 39.0 Å². The number of alkyl halides is 1. The number of amides is 4. The number of nitrogens with one attached hydrogen (secondary N) is 2. The van der Waals surface area contributed by atoms with Gasteiger partial charge in [0.2, 0.25) is 27.7 Å². The van der Waals surface area contributed by atoms with E-state index in [-0.39, 0.29) is 57.6 Å². The second kappa shape index (κ2) is 15.9. The molecular formula is C42H51FN6O8S. The summed E-state index contributed by atoms with van der Waals surface area (Å²) in [5.74, 6) is -2.63. The van der Waals surface area contributed by atoms with E-state index in [1.165, 1.54) is 11.0 Å². The zero-order chi connectivity index (χ0) is 41.6. The Morgan fingerprint density at radius 2 is 1.81 bits per heavy atom. The minimum atomic E-state index is -3.93. The fourth-order valence-corrected chi connectivity index (χ4v) is 9.35. The Hall–Kier alpha value is -5.12. The van der Waals surface area contributed by atoms with Gasteiger partial charge in [0.15, 0.2) is 0 Å². The van der Waals surface area contributed by atoms with Gasteiger partial charge in [-0.05, 0) is 61.8 Å². The molecule has 5 atom stereocenters. The van der Waals surface area contributed by atoms with Crippen molar-refractivity contribution in [1.29, 1.82) is 0 Å². The van der Waals surface area contributed by atoms with E-state index >= 15 is 0 Å². The molecule has 2 aromatic heterocycles. The van der Waals surface area contributed by atoms with Gasteiger partial charge in [0.25, 0.3) is 5.91 Å². The molecule has 0 bridgehead atoms. The lowest BCUT2D eigenvalue weighted by Gasteiger charge is -2.37. The van der Waals surface area contributed by atoms with Crippen LogP contribution in [0.3, 0.4) is 0 Å². The zero-order valence-electron chi connectivity index (χ0n) is 33.3. The van der Waals surface area contributed by atoms with Crippen molar-refractivity contribution >= 4 is 44.6 Å². The number of rotatable bonds is 13. The molecule has 0 spiro atoms. The molecule has 14 nitrogen and oxygen atoms in total. The molecule has 2 N–H and O–H groups in total. The van der Waals surface area contributed by atoms with Crippen LogP contribution in [0.2, 0.25) is 0 Å². The molecule has 2 unspecified atom stereocenters. The highest BCUT2D eigenvalue weighted by atomic mass is 32.2. The fourth-order valence-electron chi connectivity index (χ4n) is 7.99. The lowest BCUT2D eigenvalue weighted by molar-refractivity contribution is -0.149. The van der Waals surface area contributed by atoms with Crippen molar-refractivity contribution < 1.29 is 41.5 Å². The second-order valence-electron chi connectivity index (χ2n) is 16.9. The molecule has 4 amide bonds. The number of methoxy groups -OCH3 is 1. The van der Waals surface area contributed by atoms with Crippen molar-refractivity contribution in [3.63, 3.8) is 0 Å². The number of piperidine rings is 1. The summed E-state index contributed by atoms with van der Waals surface area (Å²) in [6.45, 7) is 9.83. The summed E-state index contributed by atoms with van der Waals surface area (Å²) in [5, 5.41) is 2.83. The molecule has 4 heterocycles. The van der Waals surface area contributed by atoms with Gasteiger partial charge >= 0.3 is 0 Å². The summed E-state index contributed by atoms with van der Waals surface area (Å²) in [6, 6.07) is 11.4. The first-order valence-corrected chi connectivity index (χ1v) is 21.4. The van der Waals surface area contributed by atoms with Gasteiger partial charge in [0.1, 0.15) is 35.4 Å². The Kier molecular flexibility index (Phi) is 11.3. The van der Waals surface area contributed by atoms with E-state index in [9.17, 15) is 32.0 Å². The molecule has 2 saturated carbocycles. The maximum Gasteiger partial charge on any atom is 0.259 e. The number of nitrogens with zero attached hydrogens (tertiary/aromatic N) is 4. The van der Waals surface area contributed by atoms with Crippen LogP contribution in [0.25, 0.3) is 22.3 Å². The van der Waals surface area contributed by atoms with E-state index in [4.69, 9.17) is 14.5 Å². The second-order valence-corrected chi connectivity index (χ2v) is 18.9. The van der Waals surface area contributed by atoms with E-state index in [1.54, 1.807) is 42.5 Å². The normalized spacial score (nSPS) is 24.2. The minimum absolute atomic E-state index is 0.0160. The first-order valence-electron chi connectivity index (χ1n) is 19.8. The summed E-state index contributed by atoms with van der Waals surface area (Å²) in [5.41, 5.74) is -0.614. The number of ether oxygens (including phenoxy) is 2. The predicted molar refractivity (Wildman–Crippen MR) is 214 cm³/mol. The van der Waals surface area contributed by atoms with Crippen LogP contribution in [0.15, 0.2) is 61.3 Å². The topological polar surface area (TPSA) is 177 Å². The number of halogens is 1. The third-order valence-electron chi connectivity index (χ3n) is 11.8. The molecule has 3 aromatic rings. The number of sulfonamides is 1. The number of aromatic nitrogens is 2. The molecule has 7 rings (SSSR count). The number of carbonyl (C=O) groups excluding carboxylic acids is 4. The summed E-state index contributed by atoms with van der Waals surface area (Å²) in [7, 11) is -2.37. The first-order chi connectivity index (χ1) is 27.5. The number of pyridine rings is 2. The average molecular weight is 819 g/mol. The standard InChI is InChI=1S/C42H51FN6O8S/c1-6-25-23-42(25,40(53)47-58(54,55)29-11-12-29)46-38(51)35-20-28(24-49(35)39(52)31(41(2,3)4)21-37(50)48-17-14-26(43)15-18-48)57-36-22-34(32-9-7-8-16-44-32)45-33-19-27(56-5)10-13-30(33)36/h6-10,13,16,19,22,25-26,28-29,31,35H,1,11-12,14-15,17-18,20-21,23-24H2,2-5H3,(H,46,51)(H,47,53)/t25?,28-,31?,35+,42-/m1/s1. The molecule has 2 aliphatic carbocycles. The maximum absolute atomic E-state index is 14.9. The number of hydrogen-bond acceptors (Lipinski definition) is 10. The van der Waals surface area contributed by atoms with Crippen LogP contribution in [0.4, 0.5) is 4.39 Å². The Bertz CT molecular complexity index is 2210. The predicted octanol–water partition coefficient (Wildman–Crippen LogP) is 4.34. The molecule has 2 aliphatic heterocycles. The summed E-state index contributed by atoms with van der Waals surface area (Å²) in [6.07, 6.45) is 2.80. The van der Waals surface area contributed by atoms with Crippen molar-refractivity contribution in [2.75, 3.05) is 26.7 Å². The van der Waals surface area contributed by atoms with E-state index in [0.717, 1.165) is 0 Å². The molecule has 4 fully saturated rings. The van der Waals surface area contributed by atoms with Crippen LogP contribution < -0.4 is 19.5 Å². The van der Waals surface area contributed by atoms with Crippen molar-refractivity contribution in [2.24, 2.45) is 17.3 Å². The summed E-state index contributed by atoms with van der Waals surface area (Å²) < 4.78 is 53.9. The van der Waals surface area contributed by atoms with Crippen LogP contribution in [-0.2, 0) is 29.2 Å². The number of hydrogen-bond donors (Lipinski definition) is 2. The van der Waals surface area contributed by atoms with Crippen molar-refractivity contribution in [3.05, 3.63) is 61.3 Å². The molecular weight excluding hydrogens is 768 g/mol. The average Bonchev–Trinajstić information content (AvgIpc) is 4.13. The molecule has 1 aromatic carbocycles. The number of carbonyl (C=O) groups is 4. The number of fused-ring (bicyclic) bond motifs is 1. The molecule has 58 heavy (non-hydrogen) atoms. The molecule has 16 heteroatoms. The quantitative estimate of drug-likeness (QED) is 0.236. The molecule has 0 radical (unpaired) electrons. The van der Waals surface area contributed by atoms with Crippen LogP contribution in [0.5, 0.6) is 11.5 Å². The van der Waals surface area contributed by atoms with E-state index in [2.05, 4.69) is 21.6 Å². The highest BCUT2D eigenvalue weighted by Crippen LogP contribution is 2.46. The Morgan fingerprint density at radius 1 is 1.07 bits per heavy atom. The third-order valence-corrected chi connectivity index (χ3v) is 13.6. The number of likely N-dealkylation sites (tertiary alicyclic amines) is 2. The van der Waals surface area contributed by atoms with E-state index < -0.39 is 74.1 Å². The Labute approximate surface area is 338 Å². The Morgan fingerprint density at radius 3 is 2.43 bits per heavy atom. The Balaban J connectivity index is 1.21. The van der Waals surface area contributed by atoms with Gasteiger partial charge in [-0.15, -0.1) is 6.58 Å². The summed E-state index contributed by atoms with van der Waals surface area (Å²) in [4.78, 5) is 68.9. The highest BCUT2D eigenvalue weighted by molar-refractivity contribution is 7.91. The van der Waals surface area contributed by atoms with Crippen LogP contribution in [0.1, 0.15) is 65.7 Å². The van der Waals surface area contributed by atoms with Crippen LogP contribution >= 0.6 is 0 Å². The van der Waals surface area contributed by atoms with Gasteiger partial charge in [-0.1, -0.05) is 32.9 Å². The van der Waals surface area contributed by atoms with Gasteiger partial charge in [-0.3, -0.25) is 28.9 Å². The monoisotopic (exact) mass is 818 g/mol. The van der Waals surface area contributed by atoms with Gasteiger partial charge in [0, 0.05) is 55.6 Å². The molecule has 4 aliphatic rings. The van der Waals surface area contributed by atoms with Crippen LogP contribution in [-0.4, -0.2) is 108 Å². The SMILES string of the molecule is C=CC1C[C@]1(NC(=O)[C@@H]1C[C@@H](Oc2cc(-c3ccccn3)nc3cc(OC)ccc23)CN1C(=O)C(CC(=O)N1CCC(F)CC1)C(C)(C)C)C(=O)NS(=O)(=O)C1CC1. The van der Waals surface area contributed by atoms with Crippen molar-refractivity contribution in [1.82, 2.24) is 29.8 Å². The smallest absolute Gasteiger partial charge is 0.259 e. The lowest BCUT2D eigenvalue weighted by atomic mass is 9.77. The fraction of sp³-hybridized carbons (Fsp3) is 0.524. The first kappa shape index (κ1) is 41.1. The largest absolute Gasteiger partial charge is 0.497 e. The van der Waals surface area contributed by atoms with Gasteiger partial charge in [-0.25, -0.2) is 17.8 Å². The lowest BCUT2D eigenvalue weighted by Crippen LogP contribution is -2.57. The molecule has 310 valence electrons. The highest BCUT2D eigenvalue weighted by Gasteiger charge is 2.62. The maximum atomic E-state index is 14.9. The van der Waals surface area contributed by atoms with E-state index in [0.29, 0.717) is 46.6 Å². The summed E-state index contributed by atoms with van der Waals surface area (Å²) >= 11 is 0. The van der Waals surface area contributed by atoms with Gasteiger partial charge in [0.05, 0.1) is 41.7 Å². The van der Waals surface area contributed by atoms with Gasteiger partial charge < -0.3 is 24.6 Å². The van der Waals surface area contributed by atoms with Crippen LogP contribution in [0, 0.1) is 17.3 Å². The number of benzene rings is 1. The minimum Gasteiger partial charge on any atom is -0.497 e. The molecule has 2 saturated heterocycles. The zero-order valence-corrected chi connectivity index (χ0v) is 34.1. The van der Waals surface area contributed by atoms with Gasteiger partial charge in [-0.2, -0.15) is 0 Å².